The van der Waals surface area contributed by atoms with Crippen LogP contribution < -0.4 is 4.74 Å². The molecule has 3 nitrogen and oxygen atoms in total. The molecule has 1 rings (SSSR count). The van der Waals surface area contributed by atoms with Crippen LogP contribution in [0.4, 0.5) is 0 Å². The van der Waals surface area contributed by atoms with Crippen molar-refractivity contribution in [3.8, 4) is 5.75 Å². The Morgan fingerprint density at radius 3 is 2.60 bits per heavy atom. The van der Waals surface area contributed by atoms with E-state index in [4.69, 9.17) is 27.0 Å². The second kappa shape index (κ2) is 4.88. The molecule has 0 N–H and O–H groups in total. The van der Waals surface area contributed by atoms with Crippen molar-refractivity contribution in [1.82, 2.24) is 0 Å². The van der Waals surface area contributed by atoms with Crippen LogP contribution in [0.2, 0.25) is 5.02 Å². The largest absolute Gasteiger partial charge is 0.488 e. The minimum absolute atomic E-state index is 0.0554. The molecule has 6 heteroatoms. The standard InChI is InChI=1S/C9H8Cl2O3S/c1-2-5-14-9-4-3-7(6-8(9)10)15(11,12)13/h2-4,6H,1,5H2. The molecule has 0 atom stereocenters. The lowest BCUT2D eigenvalue weighted by Gasteiger charge is -2.06. The van der Waals surface area contributed by atoms with Crippen LogP contribution in [0.15, 0.2) is 35.7 Å². The Morgan fingerprint density at radius 2 is 2.13 bits per heavy atom. The molecule has 0 bridgehead atoms. The summed E-state index contributed by atoms with van der Waals surface area (Å²) in [5, 5.41) is 0.193. The minimum atomic E-state index is -3.75. The monoisotopic (exact) mass is 266 g/mol. The Morgan fingerprint density at radius 1 is 1.47 bits per heavy atom. The lowest BCUT2D eigenvalue weighted by molar-refractivity contribution is 0.363. The molecule has 0 unspecified atom stereocenters. The van der Waals surface area contributed by atoms with Crippen LogP contribution in [0.3, 0.4) is 0 Å². The third-order valence-corrected chi connectivity index (χ3v) is 3.19. The van der Waals surface area contributed by atoms with Crippen molar-refractivity contribution >= 4 is 31.3 Å². The Bertz CT molecular complexity index is 468. The van der Waals surface area contributed by atoms with E-state index in [-0.39, 0.29) is 9.92 Å². The SMILES string of the molecule is C=CCOc1ccc(S(=O)(=O)Cl)cc1Cl. The first-order chi connectivity index (χ1) is 6.95. The maximum Gasteiger partial charge on any atom is 0.261 e. The van der Waals surface area contributed by atoms with Gasteiger partial charge in [0.2, 0.25) is 0 Å². The van der Waals surface area contributed by atoms with Crippen molar-refractivity contribution in [1.29, 1.82) is 0 Å². The van der Waals surface area contributed by atoms with Gasteiger partial charge in [-0.15, -0.1) is 0 Å². The van der Waals surface area contributed by atoms with Crippen molar-refractivity contribution < 1.29 is 13.2 Å². The third-order valence-electron chi connectivity index (χ3n) is 1.54. The van der Waals surface area contributed by atoms with Gasteiger partial charge < -0.3 is 4.74 Å². The smallest absolute Gasteiger partial charge is 0.261 e. The molecule has 0 amide bonds. The van der Waals surface area contributed by atoms with Gasteiger partial charge in [0.1, 0.15) is 12.4 Å². The van der Waals surface area contributed by atoms with Crippen LogP contribution in [0.1, 0.15) is 0 Å². The Kier molecular flexibility index (Phi) is 4.02. The van der Waals surface area contributed by atoms with Gasteiger partial charge in [-0.25, -0.2) is 8.42 Å². The number of benzene rings is 1. The van der Waals surface area contributed by atoms with Crippen LogP contribution in [0, 0.1) is 0 Å². The highest BCUT2D eigenvalue weighted by atomic mass is 35.7. The molecule has 0 heterocycles. The lowest BCUT2D eigenvalue weighted by atomic mass is 10.3. The summed E-state index contributed by atoms with van der Waals surface area (Å²) >= 11 is 5.79. The zero-order valence-electron chi connectivity index (χ0n) is 7.61. The van der Waals surface area contributed by atoms with Gasteiger partial charge in [0, 0.05) is 10.7 Å². The van der Waals surface area contributed by atoms with E-state index in [1.54, 1.807) is 6.08 Å². The summed E-state index contributed by atoms with van der Waals surface area (Å²) in [6, 6.07) is 4.01. The molecule has 0 fully saturated rings. The number of halogens is 2. The molecular weight excluding hydrogens is 259 g/mol. The van der Waals surface area contributed by atoms with Gasteiger partial charge in [-0.3, -0.25) is 0 Å². The molecule has 0 aromatic heterocycles. The third kappa shape index (κ3) is 3.41. The molecule has 0 saturated heterocycles. The number of rotatable bonds is 4. The summed E-state index contributed by atoms with van der Waals surface area (Å²) in [7, 11) is 1.39. The fourth-order valence-corrected chi connectivity index (χ4v) is 1.98. The number of ether oxygens (including phenoxy) is 1. The Hall–Kier alpha value is -0.710. The molecule has 82 valence electrons. The summed E-state index contributed by atoms with van der Waals surface area (Å²) < 4.78 is 27.1. The van der Waals surface area contributed by atoms with E-state index in [1.165, 1.54) is 18.2 Å². The van der Waals surface area contributed by atoms with Gasteiger partial charge in [-0.1, -0.05) is 24.3 Å². The fourth-order valence-electron chi connectivity index (χ4n) is 0.899. The van der Waals surface area contributed by atoms with E-state index in [0.29, 0.717) is 12.4 Å². The average molecular weight is 267 g/mol. The van der Waals surface area contributed by atoms with Crippen molar-refractivity contribution in [2.45, 2.75) is 4.90 Å². The predicted molar refractivity (Wildman–Crippen MR) is 60.2 cm³/mol. The molecule has 15 heavy (non-hydrogen) atoms. The van der Waals surface area contributed by atoms with Gasteiger partial charge in [-0.2, -0.15) is 0 Å². The highest BCUT2D eigenvalue weighted by Crippen LogP contribution is 2.28. The molecule has 1 aromatic rings. The van der Waals surface area contributed by atoms with Crippen molar-refractivity contribution in [2.75, 3.05) is 6.61 Å². The normalized spacial score (nSPS) is 11.1. The highest BCUT2D eigenvalue weighted by molar-refractivity contribution is 8.13. The summed E-state index contributed by atoms with van der Waals surface area (Å²) in [5.41, 5.74) is 0. The predicted octanol–water partition coefficient (Wildman–Crippen LogP) is 2.83. The Labute approximate surface area is 97.7 Å². The second-order valence-electron chi connectivity index (χ2n) is 2.63. The first-order valence-corrected chi connectivity index (χ1v) is 6.62. The zero-order chi connectivity index (χ0) is 11.5. The van der Waals surface area contributed by atoms with Crippen LogP contribution in [-0.4, -0.2) is 15.0 Å². The summed E-state index contributed by atoms with van der Waals surface area (Å²) in [4.78, 5) is -0.0554. The van der Waals surface area contributed by atoms with E-state index < -0.39 is 9.05 Å². The maximum atomic E-state index is 11.0. The first kappa shape index (κ1) is 12.4. The molecule has 0 spiro atoms. The van der Waals surface area contributed by atoms with E-state index in [0.717, 1.165) is 0 Å². The minimum Gasteiger partial charge on any atom is -0.488 e. The number of hydrogen-bond donors (Lipinski definition) is 0. The van der Waals surface area contributed by atoms with Crippen LogP contribution in [0.25, 0.3) is 0 Å². The van der Waals surface area contributed by atoms with Crippen LogP contribution >= 0.6 is 22.3 Å². The first-order valence-electron chi connectivity index (χ1n) is 3.93. The summed E-state index contributed by atoms with van der Waals surface area (Å²) in [5.74, 6) is 0.389. The van der Waals surface area contributed by atoms with Crippen molar-refractivity contribution in [3.05, 3.63) is 35.9 Å². The molecule has 0 aliphatic rings. The maximum absolute atomic E-state index is 11.0. The highest BCUT2D eigenvalue weighted by Gasteiger charge is 2.12. The molecule has 0 aliphatic carbocycles. The van der Waals surface area contributed by atoms with E-state index in [9.17, 15) is 8.42 Å². The van der Waals surface area contributed by atoms with Crippen LogP contribution in [0.5, 0.6) is 5.75 Å². The summed E-state index contributed by atoms with van der Waals surface area (Å²) in [6.07, 6.45) is 1.56. The topological polar surface area (TPSA) is 43.4 Å². The van der Waals surface area contributed by atoms with Crippen molar-refractivity contribution in [3.63, 3.8) is 0 Å². The molecular formula is C9H8Cl2O3S. The zero-order valence-corrected chi connectivity index (χ0v) is 9.94. The van der Waals surface area contributed by atoms with Crippen molar-refractivity contribution in [2.24, 2.45) is 0 Å². The van der Waals surface area contributed by atoms with E-state index in [1.807, 2.05) is 0 Å². The van der Waals surface area contributed by atoms with Gasteiger partial charge in [0.25, 0.3) is 9.05 Å². The van der Waals surface area contributed by atoms with E-state index in [2.05, 4.69) is 6.58 Å². The van der Waals surface area contributed by atoms with Gasteiger partial charge in [0.05, 0.1) is 9.92 Å². The average Bonchev–Trinajstić information content (AvgIpc) is 2.14. The molecule has 1 aromatic carbocycles. The Balaban J connectivity index is 3.03. The van der Waals surface area contributed by atoms with Gasteiger partial charge in [-0.05, 0) is 18.2 Å². The molecule has 0 aliphatic heterocycles. The quantitative estimate of drug-likeness (QED) is 0.622. The second-order valence-corrected chi connectivity index (χ2v) is 5.60. The lowest BCUT2D eigenvalue weighted by Crippen LogP contribution is -1.95. The van der Waals surface area contributed by atoms with Crippen LogP contribution in [-0.2, 0) is 9.05 Å². The summed E-state index contributed by atoms with van der Waals surface area (Å²) in [6.45, 7) is 3.78. The fraction of sp³-hybridized carbons (Fsp3) is 0.111. The van der Waals surface area contributed by atoms with Gasteiger partial charge in [0.15, 0.2) is 0 Å². The number of hydrogen-bond acceptors (Lipinski definition) is 3. The molecule has 0 radical (unpaired) electrons. The van der Waals surface area contributed by atoms with E-state index >= 15 is 0 Å². The molecule has 0 saturated carbocycles. The van der Waals surface area contributed by atoms with Gasteiger partial charge >= 0.3 is 0 Å².